The van der Waals surface area contributed by atoms with Crippen molar-refractivity contribution < 1.29 is 4.74 Å². The van der Waals surface area contributed by atoms with Gasteiger partial charge in [0.1, 0.15) is 11.6 Å². The Morgan fingerprint density at radius 3 is 2.83 bits per heavy atom. The van der Waals surface area contributed by atoms with E-state index in [1.807, 2.05) is 7.05 Å². The van der Waals surface area contributed by atoms with Crippen LogP contribution in [0.25, 0.3) is 0 Å². The number of nitrogens with one attached hydrogen (secondary N) is 1. The van der Waals surface area contributed by atoms with E-state index in [4.69, 9.17) is 4.74 Å². The molecule has 170 valence electrons. The standard InChI is InChI=1S/C21H37N7O.HI/c1-22-21(27-11-8-18(17-27)16-26-12-14-29-15-13-26)23-9-5-7-20-25-24-19-6-3-2-4-10-28(19)20;/h18H,2-17H2,1H3,(H,22,23);1H. The number of aliphatic imine (C=N–C) groups is 1. The van der Waals surface area contributed by atoms with Gasteiger partial charge in [-0.15, -0.1) is 34.2 Å². The normalized spacial score (nSPS) is 23.0. The molecular weight excluding hydrogens is 493 g/mol. The Morgan fingerprint density at radius 1 is 1.13 bits per heavy atom. The van der Waals surface area contributed by atoms with E-state index in [9.17, 15) is 0 Å². The number of guanidine groups is 1. The van der Waals surface area contributed by atoms with Gasteiger partial charge < -0.3 is 19.5 Å². The van der Waals surface area contributed by atoms with Gasteiger partial charge >= 0.3 is 0 Å². The van der Waals surface area contributed by atoms with Crippen LogP contribution in [0.1, 0.15) is 43.8 Å². The summed E-state index contributed by atoms with van der Waals surface area (Å²) in [4.78, 5) is 9.51. The summed E-state index contributed by atoms with van der Waals surface area (Å²) in [7, 11) is 1.90. The van der Waals surface area contributed by atoms with Gasteiger partial charge in [-0.3, -0.25) is 9.89 Å². The van der Waals surface area contributed by atoms with E-state index in [0.717, 1.165) is 89.4 Å². The number of aromatic nitrogens is 3. The first-order valence-corrected chi connectivity index (χ1v) is 11.5. The molecule has 0 radical (unpaired) electrons. The molecule has 4 rings (SSSR count). The summed E-state index contributed by atoms with van der Waals surface area (Å²) < 4.78 is 7.83. The highest BCUT2D eigenvalue weighted by Crippen LogP contribution is 2.18. The van der Waals surface area contributed by atoms with E-state index >= 15 is 0 Å². The van der Waals surface area contributed by atoms with Gasteiger partial charge in [0.05, 0.1) is 13.2 Å². The van der Waals surface area contributed by atoms with Gasteiger partial charge in [-0.25, -0.2) is 0 Å². The van der Waals surface area contributed by atoms with Crippen LogP contribution in [0.2, 0.25) is 0 Å². The third-order valence-electron chi connectivity index (χ3n) is 6.46. The lowest BCUT2D eigenvalue weighted by Crippen LogP contribution is -2.42. The molecule has 0 spiro atoms. The Bertz CT molecular complexity index is 674. The lowest BCUT2D eigenvalue weighted by molar-refractivity contribution is 0.0315. The first-order valence-electron chi connectivity index (χ1n) is 11.5. The average Bonchev–Trinajstić information content (AvgIpc) is 3.29. The monoisotopic (exact) mass is 531 g/mol. The van der Waals surface area contributed by atoms with Crippen molar-refractivity contribution in [3.63, 3.8) is 0 Å². The Labute approximate surface area is 197 Å². The van der Waals surface area contributed by atoms with Gasteiger partial charge in [0, 0.05) is 65.7 Å². The SMILES string of the molecule is CN=C(NCCCc1nnc2n1CCCCC2)N1CCC(CN2CCOCC2)C1.I. The molecule has 1 unspecified atom stereocenters. The predicted molar refractivity (Wildman–Crippen MR) is 130 cm³/mol. The molecule has 0 saturated carbocycles. The van der Waals surface area contributed by atoms with Crippen LogP contribution in [0.15, 0.2) is 4.99 Å². The number of fused-ring (bicyclic) bond motifs is 1. The lowest BCUT2D eigenvalue weighted by atomic mass is 10.1. The van der Waals surface area contributed by atoms with Crippen LogP contribution in [0.5, 0.6) is 0 Å². The number of rotatable bonds is 6. The highest BCUT2D eigenvalue weighted by molar-refractivity contribution is 14.0. The Balaban J connectivity index is 0.00000256. The molecule has 4 heterocycles. The molecule has 1 aromatic heterocycles. The predicted octanol–water partition coefficient (Wildman–Crippen LogP) is 1.78. The van der Waals surface area contributed by atoms with Crippen LogP contribution in [-0.4, -0.2) is 90.1 Å². The van der Waals surface area contributed by atoms with Crippen LogP contribution in [-0.2, 0) is 24.1 Å². The molecule has 8 nitrogen and oxygen atoms in total. The number of halogens is 1. The van der Waals surface area contributed by atoms with Gasteiger partial charge in [0.2, 0.25) is 0 Å². The van der Waals surface area contributed by atoms with Crippen LogP contribution in [0, 0.1) is 5.92 Å². The van der Waals surface area contributed by atoms with E-state index in [1.54, 1.807) is 0 Å². The smallest absolute Gasteiger partial charge is 0.193 e. The minimum absolute atomic E-state index is 0. The molecule has 1 atom stereocenters. The molecule has 0 aliphatic carbocycles. The number of hydrogen-bond acceptors (Lipinski definition) is 5. The third-order valence-corrected chi connectivity index (χ3v) is 6.46. The molecule has 1 aromatic rings. The van der Waals surface area contributed by atoms with Crippen LogP contribution in [0.3, 0.4) is 0 Å². The molecule has 2 fully saturated rings. The molecule has 2 saturated heterocycles. The summed E-state index contributed by atoms with van der Waals surface area (Å²) in [6.45, 7) is 9.34. The second-order valence-electron chi connectivity index (χ2n) is 8.59. The average molecular weight is 531 g/mol. The van der Waals surface area contributed by atoms with Crippen molar-refractivity contribution in [2.75, 3.05) is 59.5 Å². The fourth-order valence-electron chi connectivity index (χ4n) is 4.83. The summed E-state index contributed by atoms with van der Waals surface area (Å²) >= 11 is 0. The lowest BCUT2D eigenvalue weighted by Gasteiger charge is -2.29. The molecule has 0 aromatic carbocycles. The van der Waals surface area contributed by atoms with Gasteiger partial charge in [-0.05, 0) is 31.6 Å². The summed E-state index contributed by atoms with van der Waals surface area (Å²) in [5, 5.41) is 12.4. The van der Waals surface area contributed by atoms with Crippen molar-refractivity contribution in [1.29, 1.82) is 0 Å². The van der Waals surface area contributed by atoms with E-state index in [0.29, 0.717) is 0 Å². The zero-order chi connectivity index (χ0) is 19.9. The molecule has 3 aliphatic heterocycles. The van der Waals surface area contributed by atoms with Gasteiger partial charge in [0.15, 0.2) is 5.96 Å². The van der Waals surface area contributed by atoms with Crippen molar-refractivity contribution in [2.24, 2.45) is 10.9 Å². The molecule has 3 aliphatic rings. The Morgan fingerprint density at radius 2 is 2.00 bits per heavy atom. The Kier molecular flexibility index (Phi) is 9.64. The highest BCUT2D eigenvalue weighted by atomic mass is 127. The molecule has 30 heavy (non-hydrogen) atoms. The van der Waals surface area contributed by atoms with Crippen LogP contribution in [0.4, 0.5) is 0 Å². The van der Waals surface area contributed by atoms with Gasteiger partial charge in [-0.2, -0.15) is 0 Å². The van der Waals surface area contributed by atoms with Gasteiger partial charge in [0.25, 0.3) is 0 Å². The zero-order valence-electron chi connectivity index (χ0n) is 18.4. The molecular formula is C21H38IN7O. The largest absolute Gasteiger partial charge is 0.379 e. The number of ether oxygens (including phenoxy) is 1. The second kappa shape index (κ2) is 12.2. The molecule has 0 bridgehead atoms. The summed E-state index contributed by atoms with van der Waals surface area (Å²) in [6, 6.07) is 0. The maximum absolute atomic E-state index is 5.47. The van der Waals surface area contributed by atoms with Crippen molar-refractivity contribution >= 4 is 29.9 Å². The summed E-state index contributed by atoms with van der Waals surface area (Å²) in [6.07, 6.45) is 8.19. The van der Waals surface area contributed by atoms with Gasteiger partial charge in [-0.1, -0.05) is 6.42 Å². The van der Waals surface area contributed by atoms with Crippen molar-refractivity contribution in [3.05, 3.63) is 11.6 Å². The highest BCUT2D eigenvalue weighted by Gasteiger charge is 2.27. The second-order valence-corrected chi connectivity index (χ2v) is 8.59. The summed E-state index contributed by atoms with van der Waals surface area (Å²) in [5.41, 5.74) is 0. The topological polar surface area (TPSA) is 70.8 Å². The van der Waals surface area contributed by atoms with Crippen molar-refractivity contribution in [1.82, 2.24) is 29.9 Å². The summed E-state index contributed by atoms with van der Waals surface area (Å²) in [5.74, 6) is 4.13. The van der Waals surface area contributed by atoms with E-state index in [2.05, 4.69) is 34.9 Å². The molecule has 9 heteroatoms. The van der Waals surface area contributed by atoms with Crippen molar-refractivity contribution in [2.45, 2.75) is 51.5 Å². The molecule has 1 N–H and O–H groups in total. The maximum atomic E-state index is 5.47. The number of hydrogen-bond donors (Lipinski definition) is 1. The number of nitrogens with zero attached hydrogens (tertiary/aromatic N) is 6. The fraction of sp³-hybridized carbons (Fsp3) is 0.857. The quantitative estimate of drug-likeness (QED) is 0.261. The van der Waals surface area contributed by atoms with Crippen molar-refractivity contribution in [3.8, 4) is 0 Å². The fourth-order valence-corrected chi connectivity index (χ4v) is 4.83. The maximum Gasteiger partial charge on any atom is 0.193 e. The molecule has 0 amide bonds. The first-order chi connectivity index (χ1) is 14.3. The first kappa shape index (κ1) is 23.7. The van der Waals surface area contributed by atoms with Crippen LogP contribution < -0.4 is 5.32 Å². The minimum atomic E-state index is 0. The number of aryl methyl sites for hydroxylation is 2. The van der Waals surface area contributed by atoms with E-state index < -0.39 is 0 Å². The number of likely N-dealkylation sites (tertiary alicyclic amines) is 1. The third kappa shape index (κ3) is 6.29. The van der Waals surface area contributed by atoms with Crippen LogP contribution >= 0.6 is 24.0 Å². The zero-order valence-corrected chi connectivity index (χ0v) is 20.7. The van der Waals surface area contributed by atoms with E-state index in [-0.39, 0.29) is 24.0 Å². The minimum Gasteiger partial charge on any atom is -0.379 e. The Hall–Kier alpha value is -0.940. The van der Waals surface area contributed by atoms with E-state index in [1.165, 1.54) is 38.1 Å². The number of morpholine rings is 1.